The van der Waals surface area contributed by atoms with Gasteiger partial charge in [-0.25, -0.2) is 0 Å². The molecule has 1 amide bonds. The summed E-state index contributed by atoms with van der Waals surface area (Å²) in [6, 6.07) is 0. The molecule has 1 heterocycles. The van der Waals surface area contributed by atoms with Crippen molar-refractivity contribution in [3.8, 4) is 0 Å². The van der Waals surface area contributed by atoms with Crippen LogP contribution in [0.1, 0.15) is 40.0 Å². The molecule has 0 bridgehead atoms. The number of rotatable bonds is 3. The van der Waals surface area contributed by atoms with Crippen molar-refractivity contribution in [3.05, 3.63) is 0 Å². The molecule has 1 saturated heterocycles. The second-order valence-corrected chi connectivity index (χ2v) is 5.23. The number of piperidine rings is 1. The number of carbonyl (C=O) groups excluding carboxylic acids is 1. The Bertz CT molecular complexity index is 223. The average Bonchev–Trinajstić information content (AvgIpc) is 2.28. The first-order valence-corrected chi connectivity index (χ1v) is 6.00. The topological polar surface area (TPSA) is 46.3 Å². The smallest absolute Gasteiger partial charge is 0.229 e. The fourth-order valence-electron chi connectivity index (χ4n) is 2.06. The molecule has 0 spiro atoms. The molecule has 96 valence electrons. The molecule has 2 N–H and O–H groups in total. The van der Waals surface area contributed by atoms with Gasteiger partial charge in [-0.15, -0.1) is 12.4 Å². The first-order valence-electron chi connectivity index (χ1n) is 6.00. The van der Waals surface area contributed by atoms with E-state index in [1.165, 1.54) is 6.42 Å². The van der Waals surface area contributed by atoms with Gasteiger partial charge < -0.3 is 10.6 Å². The fourth-order valence-corrected chi connectivity index (χ4v) is 2.06. The van der Waals surface area contributed by atoms with Gasteiger partial charge >= 0.3 is 0 Å². The van der Waals surface area contributed by atoms with E-state index in [1.54, 1.807) is 0 Å². The summed E-state index contributed by atoms with van der Waals surface area (Å²) >= 11 is 0. The van der Waals surface area contributed by atoms with E-state index >= 15 is 0 Å². The Morgan fingerprint density at radius 3 is 2.25 bits per heavy atom. The molecule has 0 aromatic heterocycles. The minimum atomic E-state index is -0.390. The Hall–Kier alpha value is -0.280. The van der Waals surface area contributed by atoms with Crippen LogP contribution >= 0.6 is 12.4 Å². The molecule has 0 atom stereocenters. The zero-order valence-corrected chi connectivity index (χ0v) is 11.5. The van der Waals surface area contributed by atoms with Crippen LogP contribution in [0.15, 0.2) is 0 Å². The minimum absolute atomic E-state index is 0. The number of hydrogen-bond donors (Lipinski definition) is 1. The number of carbonyl (C=O) groups is 1. The summed E-state index contributed by atoms with van der Waals surface area (Å²) in [7, 11) is 0. The SMILES string of the molecule is CCC1CCN(C(=O)C(C)(C)CN)CC1.Cl. The molecule has 0 aromatic carbocycles. The Morgan fingerprint density at radius 2 is 1.88 bits per heavy atom. The molecule has 0 unspecified atom stereocenters. The zero-order valence-electron chi connectivity index (χ0n) is 10.7. The third kappa shape index (κ3) is 3.63. The summed E-state index contributed by atoms with van der Waals surface area (Å²) in [5.74, 6) is 1.04. The van der Waals surface area contributed by atoms with Crippen molar-refractivity contribution in [2.45, 2.75) is 40.0 Å². The van der Waals surface area contributed by atoms with Crippen molar-refractivity contribution in [2.75, 3.05) is 19.6 Å². The number of halogens is 1. The summed E-state index contributed by atoms with van der Waals surface area (Å²) < 4.78 is 0. The highest BCUT2D eigenvalue weighted by molar-refractivity contribution is 5.85. The lowest BCUT2D eigenvalue weighted by Crippen LogP contribution is -2.47. The van der Waals surface area contributed by atoms with Gasteiger partial charge in [-0.1, -0.05) is 13.3 Å². The molecule has 1 fully saturated rings. The molecule has 1 aliphatic heterocycles. The van der Waals surface area contributed by atoms with Crippen LogP contribution < -0.4 is 5.73 Å². The highest BCUT2D eigenvalue weighted by Gasteiger charge is 2.32. The third-order valence-corrected chi connectivity index (χ3v) is 3.57. The van der Waals surface area contributed by atoms with E-state index in [2.05, 4.69) is 6.92 Å². The first-order chi connectivity index (χ1) is 7.01. The second-order valence-electron chi connectivity index (χ2n) is 5.23. The summed E-state index contributed by atoms with van der Waals surface area (Å²) in [6.07, 6.45) is 3.55. The largest absolute Gasteiger partial charge is 0.342 e. The molecular weight excluding hydrogens is 224 g/mol. The Balaban J connectivity index is 0.00000225. The Morgan fingerprint density at radius 1 is 1.38 bits per heavy atom. The van der Waals surface area contributed by atoms with Crippen molar-refractivity contribution in [2.24, 2.45) is 17.1 Å². The van der Waals surface area contributed by atoms with Gasteiger partial charge in [0.05, 0.1) is 5.41 Å². The van der Waals surface area contributed by atoms with Crippen LogP contribution in [-0.2, 0) is 4.79 Å². The van der Waals surface area contributed by atoms with Crippen molar-refractivity contribution in [1.82, 2.24) is 4.90 Å². The predicted molar refractivity (Wildman–Crippen MR) is 69.7 cm³/mol. The maximum atomic E-state index is 12.1. The molecule has 16 heavy (non-hydrogen) atoms. The quantitative estimate of drug-likeness (QED) is 0.831. The number of nitrogens with two attached hydrogens (primary N) is 1. The maximum Gasteiger partial charge on any atom is 0.229 e. The molecular formula is C12H25ClN2O. The molecule has 0 saturated carbocycles. The van der Waals surface area contributed by atoms with E-state index in [4.69, 9.17) is 5.73 Å². The average molecular weight is 249 g/mol. The van der Waals surface area contributed by atoms with Crippen molar-refractivity contribution >= 4 is 18.3 Å². The van der Waals surface area contributed by atoms with Gasteiger partial charge in [0, 0.05) is 19.6 Å². The van der Waals surface area contributed by atoms with Gasteiger partial charge in [0.1, 0.15) is 0 Å². The van der Waals surface area contributed by atoms with Gasteiger partial charge in [0.15, 0.2) is 0 Å². The van der Waals surface area contributed by atoms with Crippen LogP contribution in [0.3, 0.4) is 0 Å². The van der Waals surface area contributed by atoms with Crippen molar-refractivity contribution in [3.63, 3.8) is 0 Å². The van der Waals surface area contributed by atoms with Crippen molar-refractivity contribution in [1.29, 1.82) is 0 Å². The lowest BCUT2D eigenvalue weighted by Gasteiger charge is -2.36. The van der Waals surface area contributed by atoms with Crippen LogP contribution in [0.5, 0.6) is 0 Å². The molecule has 0 aliphatic carbocycles. The molecule has 0 aromatic rings. The number of amides is 1. The Kier molecular flexibility index (Phi) is 6.34. The van der Waals surface area contributed by atoms with Crippen LogP contribution in [0.4, 0.5) is 0 Å². The van der Waals surface area contributed by atoms with Gasteiger partial charge in [-0.3, -0.25) is 4.79 Å². The molecule has 4 heteroatoms. The van der Waals surface area contributed by atoms with Crippen LogP contribution in [-0.4, -0.2) is 30.4 Å². The van der Waals surface area contributed by atoms with E-state index in [1.807, 2.05) is 18.7 Å². The van der Waals surface area contributed by atoms with E-state index in [-0.39, 0.29) is 23.7 Å². The monoisotopic (exact) mass is 248 g/mol. The minimum Gasteiger partial charge on any atom is -0.342 e. The standard InChI is InChI=1S/C12H24N2O.ClH/c1-4-10-5-7-14(8-6-10)11(15)12(2,3)9-13;/h10H,4-9,13H2,1-3H3;1H. The van der Waals surface area contributed by atoms with Gasteiger partial charge in [0.2, 0.25) is 5.91 Å². The molecule has 1 rings (SSSR count). The molecule has 0 radical (unpaired) electrons. The van der Waals surface area contributed by atoms with Crippen molar-refractivity contribution < 1.29 is 4.79 Å². The predicted octanol–water partition coefficient (Wildman–Crippen LogP) is 2.04. The van der Waals surface area contributed by atoms with E-state index in [0.717, 1.165) is 31.8 Å². The van der Waals surface area contributed by atoms with Crippen LogP contribution in [0.25, 0.3) is 0 Å². The summed E-state index contributed by atoms with van der Waals surface area (Å²) in [6.45, 7) is 8.36. The normalized spacial score (nSPS) is 18.1. The number of likely N-dealkylation sites (tertiary alicyclic amines) is 1. The van der Waals surface area contributed by atoms with E-state index in [9.17, 15) is 4.79 Å². The highest BCUT2D eigenvalue weighted by atomic mass is 35.5. The zero-order chi connectivity index (χ0) is 11.5. The summed E-state index contributed by atoms with van der Waals surface area (Å²) in [5.41, 5.74) is 5.23. The van der Waals surface area contributed by atoms with Crippen LogP contribution in [0.2, 0.25) is 0 Å². The lowest BCUT2D eigenvalue weighted by molar-refractivity contribution is -0.141. The fraction of sp³-hybridized carbons (Fsp3) is 0.917. The van der Waals surface area contributed by atoms with Gasteiger partial charge in [0.25, 0.3) is 0 Å². The number of nitrogens with zero attached hydrogens (tertiary/aromatic N) is 1. The second kappa shape index (κ2) is 6.45. The maximum absolute atomic E-state index is 12.1. The third-order valence-electron chi connectivity index (χ3n) is 3.57. The summed E-state index contributed by atoms with van der Waals surface area (Å²) in [5, 5.41) is 0. The molecule has 3 nitrogen and oxygen atoms in total. The lowest BCUT2D eigenvalue weighted by atomic mass is 9.88. The van der Waals surface area contributed by atoms with Gasteiger partial charge in [-0.2, -0.15) is 0 Å². The molecule has 1 aliphatic rings. The number of hydrogen-bond acceptors (Lipinski definition) is 2. The van der Waals surface area contributed by atoms with Gasteiger partial charge in [-0.05, 0) is 32.6 Å². The van der Waals surface area contributed by atoms with E-state index in [0.29, 0.717) is 6.54 Å². The first kappa shape index (κ1) is 15.7. The Labute approximate surface area is 105 Å². The van der Waals surface area contributed by atoms with Crippen LogP contribution in [0, 0.1) is 11.3 Å². The van der Waals surface area contributed by atoms with E-state index < -0.39 is 0 Å². The highest BCUT2D eigenvalue weighted by Crippen LogP contribution is 2.24. The summed E-state index contributed by atoms with van der Waals surface area (Å²) in [4.78, 5) is 14.1.